The summed E-state index contributed by atoms with van der Waals surface area (Å²) in [7, 11) is 0. The lowest BCUT2D eigenvalue weighted by Gasteiger charge is -2.10. The molecule has 0 aromatic rings. The molecule has 1 fully saturated rings. The topological polar surface area (TPSA) is 0 Å². The molecule has 0 bridgehead atoms. The number of rotatable bonds is 0. The molecular formula is C6H13Al. The smallest absolute Gasteiger partial charge is 0.106 e. The van der Waals surface area contributed by atoms with E-state index in [1.54, 1.807) is 23.4 Å². The summed E-state index contributed by atoms with van der Waals surface area (Å²) in [6.07, 6.45) is 4.62. The van der Waals surface area contributed by atoms with Gasteiger partial charge in [-0.3, -0.25) is 0 Å². The van der Waals surface area contributed by atoms with Gasteiger partial charge in [-0.2, -0.15) is 0 Å². The van der Waals surface area contributed by atoms with Gasteiger partial charge in [0.05, 0.1) is 0 Å². The molecule has 40 valence electrons. The second kappa shape index (κ2) is 2.75. The SMILES string of the molecule is [CH3][Al]1[CH2]CCC[CH2]1. The van der Waals surface area contributed by atoms with Crippen LogP contribution in [0, 0.1) is 0 Å². The van der Waals surface area contributed by atoms with E-state index >= 15 is 0 Å². The van der Waals surface area contributed by atoms with Crippen molar-refractivity contribution < 1.29 is 0 Å². The van der Waals surface area contributed by atoms with Crippen LogP contribution in [-0.2, 0) is 0 Å². The van der Waals surface area contributed by atoms with Crippen molar-refractivity contribution in [3.63, 3.8) is 0 Å². The van der Waals surface area contributed by atoms with E-state index in [1.165, 1.54) is 6.42 Å². The Balaban J connectivity index is 2.12. The molecule has 1 aliphatic heterocycles. The van der Waals surface area contributed by atoms with Crippen LogP contribution in [-0.4, -0.2) is 14.1 Å². The predicted molar refractivity (Wildman–Crippen MR) is 35.1 cm³/mol. The molecule has 0 atom stereocenters. The van der Waals surface area contributed by atoms with Crippen molar-refractivity contribution in [2.75, 3.05) is 0 Å². The first kappa shape index (κ1) is 5.67. The maximum Gasteiger partial charge on any atom is 0.258 e. The summed E-state index contributed by atoms with van der Waals surface area (Å²) >= 11 is -0.0945. The van der Waals surface area contributed by atoms with Gasteiger partial charge in [0.15, 0.2) is 0 Å². The van der Waals surface area contributed by atoms with Gasteiger partial charge >= 0.3 is 0 Å². The van der Waals surface area contributed by atoms with E-state index < -0.39 is 0 Å². The Morgan fingerprint density at radius 2 is 1.57 bits per heavy atom. The van der Waals surface area contributed by atoms with Gasteiger partial charge in [0, 0.05) is 0 Å². The highest BCUT2D eigenvalue weighted by Crippen LogP contribution is 2.17. The summed E-state index contributed by atoms with van der Waals surface area (Å²) in [4.78, 5) is 0. The highest BCUT2D eigenvalue weighted by Gasteiger charge is 2.12. The average Bonchev–Trinajstić information content (AvgIpc) is 1.69. The fourth-order valence-electron chi connectivity index (χ4n) is 1.31. The lowest BCUT2D eigenvalue weighted by molar-refractivity contribution is 0.725. The summed E-state index contributed by atoms with van der Waals surface area (Å²) in [5.74, 6) is 2.50. The molecule has 1 heterocycles. The Kier molecular flexibility index (Phi) is 2.22. The molecule has 0 spiro atoms. The molecule has 0 nitrogen and oxygen atoms in total. The zero-order chi connectivity index (χ0) is 5.11. The first-order chi connectivity index (χ1) is 3.39. The average molecular weight is 112 g/mol. The minimum atomic E-state index is -0.0945. The molecule has 0 aromatic heterocycles. The molecule has 0 aromatic carbocycles. The van der Waals surface area contributed by atoms with Crippen LogP contribution in [0.2, 0.25) is 16.4 Å². The van der Waals surface area contributed by atoms with E-state index in [2.05, 4.69) is 5.79 Å². The molecule has 1 rings (SSSR count). The summed E-state index contributed by atoms with van der Waals surface area (Å²) in [5.41, 5.74) is 0. The fourth-order valence-corrected chi connectivity index (χ4v) is 3.57. The van der Waals surface area contributed by atoms with Crippen LogP contribution in [0.5, 0.6) is 0 Å². The van der Waals surface area contributed by atoms with Crippen molar-refractivity contribution in [1.29, 1.82) is 0 Å². The van der Waals surface area contributed by atoms with Gasteiger partial charge in [0.2, 0.25) is 0 Å². The van der Waals surface area contributed by atoms with Crippen molar-refractivity contribution in [2.24, 2.45) is 0 Å². The zero-order valence-corrected chi connectivity index (χ0v) is 6.27. The van der Waals surface area contributed by atoms with Crippen molar-refractivity contribution in [1.82, 2.24) is 0 Å². The molecule has 0 amide bonds. The Hall–Kier alpha value is 0.532. The minimum absolute atomic E-state index is 0.0945. The predicted octanol–water partition coefficient (Wildman–Crippen LogP) is 2.29. The van der Waals surface area contributed by atoms with Gasteiger partial charge < -0.3 is 0 Å². The highest BCUT2D eigenvalue weighted by molar-refractivity contribution is 6.57. The van der Waals surface area contributed by atoms with E-state index in [1.807, 2.05) is 0 Å². The van der Waals surface area contributed by atoms with E-state index in [0.29, 0.717) is 0 Å². The summed E-state index contributed by atoms with van der Waals surface area (Å²) in [6.45, 7) is 0. The van der Waals surface area contributed by atoms with Crippen LogP contribution in [0.1, 0.15) is 19.3 Å². The largest absolute Gasteiger partial charge is 0.258 e. The van der Waals surface area contributed by atoms with Gasteiger partial charge in [-0.25, -0.2) is 0 Å². The van der Waals surface area contributed by atoms with E-state index in [9.17, 15) is 0 Å². The first-order valence-electron chi connectivity index (χ1n) is 3.39. The van der Waals surface area contributed by atoms with Crippen LogP contribution >= 0.6 is 0 Å². The van der Waals surface area contributed by atoms with Crippen LogP contribution in [0.15, 0.2) is 0 Å². The van der Waals surface area contributed by atoms with Gasteiger partial charge in [-0.15, -0.1) is 5.79 Å². The Labute approximate surface area is 50.3 Å². The molecular weight excluding hydrogens is 99.0 g/mol. The van der Waals surface area contributed by atoms with Gasteiger partial charge in [0.25, 0.3) is 14.1 Å². The second-order valence-corrected chi connectivity index (χ2v) is 6.11. The standard InChI is InChI=1S/C5H10.CH3.Al/c1-3-5-4-2;;/h1-5H2;1H3;. The summed E-state index contributed by atoms with van der Waals surface area (Å²) < 4.78 is 0. The van der Waals surface area contributed by atoms with Crippen LogP contribution < -0.4 is 0 Å². The molecule has 0 unspecified atom stereocenters. The van der Waals surface area contributed by atoms with Crippen molar-refractivity contribution in [3.8, 4) is 0 Å². The maximum absolute atomic E-state index is 2.50. The normalized spacial score (nSPS) is 22.7. The molecule has 7 heavy (non-hydrogen) atoms. The van der Waals surface area contributed by atoms with Gasteiger partial charge in [-0.05, 0) is 0 Å². The van der Waals surface area contributed by atoms with Gasteiger partial charge in [-0.1, -0.05) is 29.8 Å². The third-order valence-electron chi connectivity index (χ3n) is 1.89. The van der Waals surface area contributed by atoms with Crippen LogP contribution in [0.4, 0.5) is 0 Å². The van der Waals surface area contributed by atoms with Gasteiger partial charge in [0.1, 0.15) is 0 Å². The van der Waals surface area contributed by atoms with E-state index in [4.69, 9.17) is 0 Å². The Bertz CT molecular complexity index is 46.1. The minimum Gasteiger partial charge on any atom is -0.106 e. The van der Waals surface area contributed by atoms with E-state index in [0.717, 1.165) is 0 Å². The second-order valence-electron chi connectivity index (χ2n) is 2.74. The first-order valence-corrected chi connectivity index (χ1v) is 6.18. The lowest BCUT2D eigenvalue weighted by atomic mass is 10.3. The van der Waals surface area contributed by atoms with Crippen LogP contribution in [0.3, 0.4) is 0 Å². The van der Waals surface area contributed by atoms with E-state index in [-0.39, 0.29) is 14.1 Å². The lowest BCUT2D eigenvalue weighted by Crippen LogP contribution is -2.09. The molecule has 0 saturated carbocycles. The summed E-state index contributed by atoms with van der Waals surface area (Å²) in [5, 5.41) is 3.25. The Morgan fingerprint density at radius 3 is 1.86 bits per heavy atom. The Morgan fingerprint density at radius 1 is 1.00 bits per heavy atom. The third kappa shape index (κ3) is 1.84. The van der Waals surface area contributed by atoms with Crippen molar-refractivity contribution in [3.05, 3.63) is 0 Å². The van der Waals surface area contributed by atoms with Crippen molar-refractivity contribution >= 4 is 14.1 Å². The fraction of sp³-hybridized carbons (Fsp3) is 1.00. The summed E-state index contributed by atoms with van der Waals surface area (Å²) in [6, 6.07) is 0. The molecule has 0 aliphatic carbocycles. The number of hydrogen-bond acceptors (Lipinski definition) is 0. The van der Waals surface area contributed by atoms with Crippen LogP contribution in [0.25, 0.3) is 0 Å². The molecule has 0 radical (unpaired) electrons. The maximum atomic E-state index is 2.50. The van der Waals surface area contributed by atoms with Crippen molar-refractivity contribution in [2.45, 2.75) is 35.6 Å². The quantitative estimate of drug-likeness (QED) is 0.422. The third-order valence-corrected chi connectivity index (χ3v) is 4.68. The highest BCUT2D eigenvalue weighted by atomic mass is 27.2. The monoisotopic (exact) mass is 112 g/mol. The zero-order valence-electron chi connectivity index (χ0n) is 5.11. The number of hydrogen-bond donors (Lipinski definition) is 0. The molecule has 1 aliphatic rings. The molecule has 0 N–H and O–H groups in total. The molecule has 1 heteroatoms. The molecule has 1 saturated heterocycles.